The molecule has 4 heterocycles. The van der Waals surface area contributed by atoms with Gasteiger partial charge < -0.3 is 15.4 Å². The Bertz CT molecular complexity index is 1540. The molecule has 0 radical (unpaired) electrons. The Kier molecular flexibility index (Phi) is 5.58. The largest absolute Gasteiger partial charge is 0.481 e. The molecule has 4 aromatic heterocycles. The minimum atomic E-state index is -0.879. The number of halogens is 2. The fourth-order valence-electron chi connectivity index (χ4n) is 5.56. The molecule has 9 nitrogen and oxygen atoms in total. The van der Waals surface area contributed by atoms with Gasteiger partial charge in [-0.15, -0.1) is 11.3 Å². The summed E-state index contributed by atoms with van der Waals surface area (Å²) < 4.78 is 15.9. The molecule has 3 saturated carbocycles. The fourth-order valence-corrected chi connectivity index (χ4v) is 6.48. The highest BCUT2D eigenvalue weighted by Crippen LogP contribution is 2.47. The number of aromatic nitrogens is 5. The van der Waals surface area contributed by atoms with Crippen molar-refractivity contribution in [3.63, 3.8) is 0 Å². The van der Waals surface area contributed by atoms with E-state index in [1.54, 1.807) is 18.3 Å². The summed E-state index contributed by atoms with van der Waals surface area (Å²) in [6.07, 6.45) is 6.55. The number of hydrogen-bond acceptors (Lipinski definition) is 8. The van der Waals surface area contributed by atoms with E-state index in [0.29, 0.717) is 26.5 Å². The summed E-state index contributed by atoms with van der Waals surface area (Å²) in [6.45, 7) is 0. The monoisotopic (exact) mass is 523 g/mol. The number of nitrogens with one attached hydrogen (secondary N) is 2. The normalized spacial score (nSPS) is 23.0. The van der Waals surface area contributed by atoms with Gasteiger partial charge in [0.2, 0.25) is 0 Å². The lowest BCUT2D eigenvalue weighted by Gasteiger charge is -2.47. The number of carboxylic acids is 1. The van der Waals surface area contributed by atoms with Crippen molar-refractivity contribution < 1.29 is 14.3 Å². The smallest absolute Gasteiger partial charge is 0.308 e. The number of anilines is 1. The Hall–Kier alpha value is -3.62. The van der Waals surface area contributed by atoms with Crippen LogP contribution in [0.3, 0.4) is 0 Å². The molecular weight excluding hydrogens is 505 g/mol. The molecule has 0 aliphatic heterocycles. The van der Waals surface area contributed by atoms with Crippen molar-refractivity contribution >= 4 is 45.9 Å². The van der Waals surface area contributed by atoms with Crippen molar-refractivity contribution in [2.75, 3.05) is 5.32 Å². The molecule has 3 aliphatic carbocycles. The van der Waals surface area contributed by atoms with Crippen LogP contribution in [0.25, 0.3) is 33.1 Å². The Morgan fingerprint density at radius 1 is 1.22 bits per heavy atom. The van der Waals surface area contributed by atoms with Crippen molar-refractivity contribution in [3.05, 3.63) is 40.4 Å². The number of H-pyrrole nitrogens is 1. The first-order valence-electron chi connectivity index (χ1n) is 11.5. The second-order valence-corrected chi connectivity index (χ2v) is 10.6. The highest BCUT2D eigenvalue weighted by molar-refractivity contribution is 7.15. The first-order chi connectivity index (χ1) is 17.4. The zero-order chi connectivity index (χ0) is 25.0. The van der Waals surface area contributed by atoms with E-state index in [4.69, 9.17) is 11.6 Å². The predicted octanol–water partition coefficient (Wildman–Crippen LogP) is 5.11. The summed E-state index contributed by atoms with van der Waals surface area (Å²) in [6, 6.07) is 4.85. The van der Waals surface area contributed by atoms with Crippen molar-refractivity contribution in [1.82, 2.24) is 24.9 Å². The summed E-state index contributed by atoms with van der Waals surface area (Å²) >= 11 is 7.18. The van der Waals surface area contributed by atoms with Gasteiger partial charge in [0.15, 0.2) is 23.1 Å². The van der Waals surface area contributed by atoms with Crippen LogP contribution in [0.2, 0.25) is 5.15 Å². The molecule has 0 spiro atoms. The number of nitriles is 1. The maximum Gasteiger partial charge on any atom is 0.308 e. The van der Waals surface area contributed by atoms with Gasteiger partial charge in [0.05, 0.1) is 22.6 Å². The maximum absolute atomic E-state index is 15.9. The van der Waals surface area contributed by atoms with Crippen LogP contribution in [0.15, 0.2) is 24.5 Å². The molecule has 2 unspecified atom stereocenters. The molecule has 0 amide bonds. The zero-order valence-electron chi connectivity index (χ0n) is 18.7. The van der Waals surface area contributed by atoms with Crippen LogP contribution in [0.1, 0.15) is 30.6 Å². The number of carboxylic acid groups (broad SMARTS) is 1. The molecule has 0 saturated heterocycles. The minimum Gasteiger partial charge on any atom is -0.481 e. The molecule has 3 aliphatic rings. The van der Waals surface area contributed by atoms with Gasteiger partial charge in [-0.3, -0.25) is 4.79 Å². The Labute approximate surface area is 213 Å². The quantitative estimate of drug-likeness (QED) is 0.328. The van der Waals surface area contributed by atoms with Crippen LogP contribution in [0.4, 0.5) is 10.2 Å². The van der Waals surface area contributed by atoms with Crippen LogP contribution >= 0.6 is 22.9 Å². The van der Waals surface area contributed by atoms with E-state index in [-0.39, 0.29) is 34.3 Å². The van der Waals surface area contributed by atoms with Crippen molar-refractivity contribution in [2.24, 2.45) is 17.8 Å². The summed E-state index contributed by atoms with van der Waals surface area (Å²) in [5.41, 5.74) is 1.39. The van der Waals surface area contributed by atoms with Gasteiger partial charge in [-0.1, -0.05) is 11.6 Å². The number of thiophene rings is 1. The number of nitrogens with zero attached hydrogens (tertiary/aromatic N) is 5. The topological polar surface area (TPSA) is 140 Å². The second kappa shape index (κ2) is 8.80. The van der Waals surface area contributed by atoms with E-state index in [1.165, 1.54) is 6.20 Å². The summed E-state index contributed by atoms with van der Waals surface area (Å²) in [4.78, 5) is 33.6. The van der Waals surface area contributed by atoms with E-state index in [1.807, 2.05) is 0 Å². The Morgan fingerprint density at radius 3 is 2.72 bits per heavy atom. The number of hydrogen-bond donors (Lipinski definition) is 3. The third kappa shape index (κ3) is 3.77. The first-order valence-corrected chi connectivity index (χ1v) is 12.7. The van der Waals surface area contributed by atoms with E-state index >= 15 is 4.39 Å². The molecule has 4 aromatic rings. The van der Waals surface area contributed by atoms with E-state index in [2.05, 4.69) is 36.3 Å². The van der Waals surface area contributed by atoms with Crippen LogP contribution in [0.5, 0.6) is 0 Å². The summed E-state index contributed by atoms with van der Waals surface area (Å²) in [5.74, 6) is -1.93. The lowest BCUT2D eigenvalue weighted by Crippen LogP contribution is -2.51. The Morgan fingerprint density at radius 2 is 2.00 bits per heavy atom. The van der Waals surface area contributed by atoms with Crippen LogP contribution < -0.4 is 5.32 Å². The molecule has 2 atom stereocenters. The van der Waals surface area contributed by atoms with Crippen LogP contribution in [0, 0.1) is 34.9 Å². The number of aliphatic carboxylic acids is 1. The van der Waals surface area contributed by atoms with Gasteiger partial charge in [0.25, 0.3) is 0 Å². The SMILES string of the molecule is N#Cc1ccc(-c2nc(-c3c[nH]c4ncc(Cl)nc34)nc(NC3C4CCC(CC4)C3C(=O)O)c2F)s1. The van der Waals surface area contributed by atoms with Gasteiger partial charge in [-0.2, -0.15) is 5.26 Å². The van der Waals surface area contributed by atoms with Gasteiger partial charge in [0, 0.05) is 12.2 Å². The third-order valence-corrected chi connectivity index (χ3v) is 8.38. The Balaban J connectivity index is 1.50. The second-order valence-electron chi connectivity index (χ2n) is 9.14. The summed E-state index contributed by atoms with van der Waals surface area (Å²) in [7, 11) is 0. The number of rotatable bonds is 5. The van der Waals surface area contributed by atoms with Gasteiger partial charge >= 0.3 is 5.97 Å². The lowest BCUT2D eigenvalue weighted by atomic mass is 9.61. The third-order valence-electron chi connectivity index (χ3n) is 7.20. The highest BCUT2D eigenvalue weighted by Gasteiger charge is 2.47. The molecule has 3 N–H and O–H groups in total. The average Bonchev–Trinajstić information content (AvgIpc) is 3.53. The van der Waals surface area contributed by atoms with Crippen LogP contribution in [-0.4, -0.2) is 42.0 Å². The van der Waals surface area contributed by atoms with Crippen molar-refractivity contribution in [3.8, 4) is 28.0 Å². The standard InChI is InChI=1S/C24H19ClFN7O2S/c25-15-9-29-23-19(30-15)13(8-28-23)21-32-20(14-6-5-12(7-27)36-14)17(26)22(33-21)31-18-11-3-1-10(2-4-11)16(18)24(34)35/h5-6,8-11,16,18H,1-4H2,(H,28,29)(H,34,35)(H,31,32,33). The number of aromatic amines is 1. The average molecular weight is 524 g/mol. The van der Waals surface area contributed by atoms with E-state index in [9.17, 15) is 15.2 Å². The zero-order valence-corrected chi connectivity index (χ0v) is 20.3. The highest BCUT2D eigenvalue weighted by atomic mass is 35.5. The van der Waals surface area contributed by atoms with E-state index in [0.717, 1.165) is 37.0 Å². The summed E-state index contributed by atoms with van der Waals surface area (Å²) in [5, 5.41) is 22.6. The molecule has 0 aromatic carbocycles. The minimum absolute atomic E-state index is 0.0196. The van der Waals surface area contributed by atoms with Gasteiger partial charge in [-0.25, -0.2) is 24.3 Å². The first kappa shape index (κ1) is 22.8. The van der Waals surface area contributed by atoms with Gasteiger partial charge in [0.1, 0.15) is 27.3 Å². The molecule has 7 rings (SSSR count). The molecule has 2 bridgehead atoms. The van der Waals surface area contributed by atoms with Gasteiger partial charge in [-0.05, 0) is 49.7 Å². The van der Waals surface area contributed by atoms with Crippen molar-refractivity contribution in [2.45, 2.75) is 31.7 Å². The fraction of sp³-hybridized carbons (Fsp3) is 0.333. The maximum atomic E-state index is 15.9. The number of carbonyl (C=O) groups is 1. The molecule has 3 fully saturated rings. The van der Waals surface area contributed by atoms with E-state index < -0.39 is 23.7 Å². The molecule has 36 heavy (non-hydrogen) atoms. The van der Waals surface area contributed by atoms with Crippen LogP contribution in [-0.2, 0) is 4.79 Å². The number of fused-ring (bicyclic) bond motifs is 4. The van der Waals surface area contributed by atoms with Crippen molar-refractivity contribution in [1.29, 1.82) is 5.26 Å². The molecule has 182 valence electrons. The lowest BCUT2D eigenvalue weighted by molar-refractivity contribution is -0.148. The molecule has 12 heteroatoms. The predicted molar refractivity (Wildman–Crippen MR) is 132 cm³/mol. The molecular formula is C24H19ClFN7O2S.